The Morgan fingerprint density at radius 2 is 1.66 bits per heavy atom. The highest BCUT2D eigenvalue weighted by Crippen LogP contribution is 2.33. The van der Waals surface area contributed by atoms with Crippen LogP contribution < -0.4 is 24.0 Å². The molecule has 32 heavy (non-hydrogen) atoms. The second kappa shape index (κ2) is 8.65. The van der Waals surface area contributed by atoms with Gasteiger partial charge in [0.05, 0.1) is 12.6 Å². The maximum atomic E-state index is 13.5. The topological polar surface area (TPSA) is 56.2 Å². The number of benzene rings is 2. The lowest BCUT2D eigenvalue weighted by molar-refractivity contribution is -0.538. The third kappa shape index (κ3) is 3.32. The van der Waals surface area contributed by atoms with E-state index in [2.05, 4.69) is 52.6 Å². The molecule has 2 heterocycles. The quantitative estimate of drug-likeness (QED) is 0.400. The number of aromatic amines is 1. The first-order valence-corrected chi connectivity index (χ1v) is 10.9. The van der Waals surface area contributed by atoms with Crippen LogP contribution >= 0.6 is 0 Å². The van der Waals surface area contributed by atoms with Crippen LogP contribution in [0.2, 0.25) is 0 Å². The number of carbonyl (C=O) groups excluding carboxylic acids is 2. The number of Topliss-reactive ketones (excluding diaryl/α,β-unsaturated/α-hetero) is 2. The molecule has 2 atom stereocenters. The Bertz CT molecular complexity index is 1270. The number of para-hydroxylation sites is 1. The van der Waals surface area contributed by atoms with Gasteiger partial charge in [-0.2, -0.15) is 0 Å². The number of H-pyrrole nitrogens is 1. The first kappa shape index (κ1) is 22.5. The van der Waals surface area contributed by atoms with E-state index in [0.717, 1.165) is 22.3 Å². The molecule has 2 aromatic carbocycles. The summed E-state index contributed by atoms with van der Waals surface area (Å²) in [5.41, 5.74) is 3.25. The van der Waals surface area contributed by atoms with Crippen molar-refractivity contribution in [2.24, 2.45) is 0 Å². The fraction of sp³-hybridized carbons (Fsp3) is 0.269. The van der Waals surface area contributed by atoms with Gasteiger partial charge in [0.1, 0.15) is 0 Å². The second-order valence-corrected chi connectivity index (χ2v) is 8.43. The van der Waals surface area contributed by atoms with Crippen LogP contribution in [0.25, 0.3) is 17.0 Å². The van der Waals surface area contributed by atoms with Crippen molar-refractivity contribution in [2.45, 2.75) is 38.9 Å². The molecule has 0 amide bonds. The number of rotatable bonds is 4. The minimum absolute atomic E-state index is 0. The number of likely N-dealkylation sites (N-methyl/N-ethyl adjacent to an activating group) is 1. The van der Waals surface area contributed by atoms with E-state index in [0.29, 0.717) is 17.7 Å². The lowest BCUT2D eigenvalue weighted by atomic mass is 9.82. The maximum Gasteiger partial charge on any atom is 0.273 e. The van der Waals surface area contributed by atoms with Crippen LogP contribution in [0.3, 0.4) is 0 Å². The molecule has 3 aromatic rings. The molecule has 6 heteroatoms. The van der Waals surface area contributed by atoms with Crippen LogP contribution in [0.5, 0.6) is 0 Å². The Labute approximate surface area is 204 Å². The molecule has 0 radical (unpaired) electrons. The molecule has 2 aliphatic rings. The highest BCUT2D eigenvalue weighted by molar-refractivity contribution is 6.20. The number of ketones is 2. The summed E-state index contributed by atoms with van der Waals surface area (Å²) in [6.07, 6.45) is 6.13. The monoisotopic (exact) mass is 539 g/mol. The molecule has 1 N–H and O–H groups in total. The standard InChI is InChI=1S/C26H25N3O2.HI/c1-4-28-22(14-13-17-15-27-21-12-8-7-9-18(17)21)29(16(2)3)24-23(28)25(30)19-10-5-6-11-20(19)26(24)31;/h5-16,23-24H,4H2,1-3H3;1H. The Hall–Kier alpha value is -2.74. The average molecular weight is 539 g/mol. The van der Waals surface area contributed by atoms with Crippen LogP contribution in [0, 0.1) is 0 Å². The van der Waals surface area contributed by atoms with Crippen molar-refractivity contribution in [3.63, 3.8) is 0 Å². The van der Waals surface area contributed by atoms with Gasteiger partial charge in [0.2, 0.25) is 23.7 Å². The van der Waals surface area contributed by atoms with Crippen LogP contribution in [0.1, 0.15) is 47.1 Å². The summed E-state index contributed by atoms with van der Waals surface area (Å²) in [6, 6.07) is 14.5. The zero-order chi connectivity index (χ0) is 21.7. The lowest BCUT2D eigenvalue weighted by Crippen LogP contribution is -3.00. The number of amidine groups is 1. The summed E-state index contributed by atoms with van der Waals surface area (Å²) in [5.74, 6) is 0.985. The van der Waals surface area contributed by atoms with Crippen LogP contribution in [-0.2, 0) is 0 Å². The molecule has 1 aromatic heterocycles. The fourth-order valence-corrected chi connectivity index (χ4v) is 5.06. The van der Waals surface area contributed by atoms with Crippen molar-refractivity contribution in [2.75, 3.05) is 6.54 Å². The van der Waals surface area contributed by atoms with Gasteiger partial charge in [-0.3, -0.25) is 9.59 Å². The van der Waals surface area contributed by atoms with Gasteiger partial charge in [-0.1, -0.05) is 42.5 Å². The van der Waals surface area contributed by atoms with Crippen LogP contribution in [0.4, 0.5) is 0 Å². The molecule has 0 saturated heterocycles. The number of aromatic nitrogens is 1. The SMILES string of the molecule is CC[N+]1=C(/C=C/c2c[nH]c3ccccc23)N(C(C)C)C2C(=O)c3ccccc3C(=O)C21.[I-]. The van der Waals surface area contributed by atoms with E-state index in [-0.39, 0.29) is 41.6 Å². The van der Waals surface area contributed by atoms with E-state index in [4.69, 9.17) is 0 Å². The van der Waals surface area contributed by atoms with E-state index in [9.17, 15) is 9.59 Å². The summed E-state index contributed by atoms with van der Waals surface area (Å²) in [5, 5.41) is 1.15. The van der Waals surface area contributed by atoms with E-state index in [1.807, 2.05) is 37.4 Å². The highest BCUT2D eigenvalue weighted by atomic mass is 127. The molecule has 164 valence electrons. The summed E-state index contributed by atoms with van der Waals surface area (Å²) in [6.45, 7) is 6.85. The largest absolute Gasteiger partial charge is 1.00 e. The van der Waals surface area contributed by atoms with E-state index < -0.39 is 12.1 Å². The van der Waals surface area contributed by atoms with E-state index in [1.165, 1.54) is 0 Å². The van der Waals surface area contributed by atoms with Crippen molar-refractivity contribution in [3.8, 4) is 0 Å². The minimum atomic E-state index is -0.495. The third-order valence-corrected chi connectivity index (χ3v) is 6.42. The Morgan fingerprint density at radius 3 is 2.34 bits per heavy atom. The number of nitrogens with zero attached hydrogens (tertiary/aromatic N) is 2. The molecule has 1 aliphatic carbocycles. The molecule has 5 nitrogen and oxygen atoms in total. The number of carbonyl (C=O) groups is 2. The first-order chi connectivity index (χ1) is 15.0. The van der Waals surface area contributed by atoms with Crippen molar-refractivity contribution < 1.29 is 38.1 Å². The molecular weight excluding hydrogens is 513 g/mol. The minimum Gasteiger partial charge on any atom is -1.00 e. The summed E-state index contributed by atoms with van der Waals surface area (Å²) in [4.78, 5) is 32.4. The Balaban J connectivity index is 0.00000245. The lowest BCUT2D eigenvalue weighted by Gasteiger charge is -2.28. The molecule has 5 rings (SSSR count). The summed E-state index contributed by atoms with van der Waals surface area (Å²) < 4.78 is 2.09. The Morgan fingerprint density at radius 1 is 1.00 bits per heavy atom. The van der Waals surface area contributed by atoms with Gasteiger partial charge in [-0.25, -0.2) is 9.48 Å². The third-order valence-electron chi connectivity index (χ3n) is 6.42. The summed E-state index contributed by atoms with van der Waals surface area (Å²) >= 11 is 0. The zero-order valence-electron chi connectivity index (χ0n) is 18.4. The first-order valence-electron chi connectivity index (χ1n) is 10.9. The van der Waals surface area contributed by atoms with Gasteiger partial charge < -0.3 is 29.0 Å². The normalized spacial score (nSPS) is 20.3. The number of hydrogen-bond acceptors (Lipinski definition) is 3. The van der Waals surface area contributed by atoms with Gasteiger partial charge in [0.15, 0.2) is 0 Å². The number of nitrogens with one attached hydrogen (secondary N) is 1. The van der Waals surface area contributed by atoms with Crippen LogP contribution in [0.15, 0.2) is 60.8 Å². The van der Waals surface area contributed by atoms with E-state index in [1.54, 1.807) is 12.1 Å². The maximum absolute atomic E-state index is 13.5. The molecule has 2 unspecified atom stereocenters. The fourth-order valence-electron chi connectivity index (χ4n) is 5.06. The summed E-state index contributed by atoms with van der Waals surface area (Å²) in [7, 11) is 0. The zero-order valence-corrected chi connectivity index (χ0v) is 20.5. The molecule has 1 aliphatic heterocycles. The average Bonchev–Trinajstić information content (AvgIpc) is 3.35. The number of halogens is 1. The second-order valence-electron chi connectivity index (χ2n) is 8.43. The molecule has 0 bridgehead atoms. The molecule has 0 fully saturated rings. The van der Waals surface area contributed by atoms with Gasteiger partial charge in [0.25, 0.3) is 5.84 Å². The van der Waals surface area contributed by atoms with E-state index >= 15 is 0 Å². The van der Waals surface area contributed by atoms with Gasteiger partial charge >= 0.3 is 0 Å². The molecule has 0 saturated carbocycles. The van der Waals surface area contributed by atoms with Gasteiger partial charge in [0, 0.05) is 39.9 Å². The number of hydrogen-bond donors (Lipinski definition) is 1. The van der Waals surface area contributed by atoms with Gasteiger partial charge in [-0.15, -0.1) is 0 Å². The predicted molar refractivity (Wildman–Crippen MR) is 123 cm³/mol. The van der Waals surface area contributed by atoms with Crippen molar-refractivity contribution in [1.82, 2.24) is 9.88 Å². The van der Waals surface area contributed by atoms with Crippen molar-refractivity contribution in [3.05, 3.63) is 77.5 Å². The molecule has 0 spiro atoms. The number of fused-ring (bicyclic) bond motifs is 3. The van der Waals surface area contributed by atoms with Crippen molar-refractivity contribution in [1.29, 1.82) is 0 Å². The highest BCUT2D eigenvalue weighted by Gasteiger charge is 2.58. The smallest absolute Gasteiger partial charge is 0.273 e. The predicted octanol–water partition coefficient (Wildman–Crippen LogP) is 1.16. The van der Waals surface area contributed by atoms with Crippen LogP contribution in [-0.4, -0.2) is 56.5 Å². The Kier molecular flexibility index (Phi) is 6.07. The molecular formula is C26H26IN3O2. The van der Waals surface area contributed by atoms with Gasteiger partial charge in [-0.05, 0) is 32.9 Å². The van der Waals surface area contributed by atoms with Crippen molar-refractivity contribution >= 4 is 34.4 Å².